The van der Waals surface area contributed by atoms with E-state index in [0.29, 0.717) is 0 Å². The standard InChI is InChI=1S/C16H13N3S/c17-20(13-6-2-1-3-7-13)16-9-5-4-8-14(16)15-12-18-10-11-19-15/h1-12,17H. The van der Waals surface area contributed by atoms with E-state index in [1.165, 1.54) is 0 Å². The summed E-state index contributed by atoms with van der Waals surface area (Å²) >= 11 is 0. The van der Waals surface area contributed by atoms with Gasteiger partial charge >= 0.3 is 0 Å². The van der Waals surface area contributed by atoms with Crippen molar-refractivity contribution in [1.29, 1.82) is 4.78 Å². The molecule has 1 atom stereocenters. The molecule has 20 heavy (non-hydrogen) atoms. The third-order valence-corrected chi connectivity index (χ3v) is 4.46. The molecule has 3 aromatic rings. The van der Waals surface area contributed by atoms with E-state index >= 15 is 0 Å². The van der Waals surface area contributed by atoms with Gasteiger partial charge in [0.2, 0.25) is 0 Å². The Morgan fingerprint density at radius 1 is 0.850 bits per heavy atom. The summed E-state index contributed by atoms with van der Waals surface area (Å²) in [5, 5.41) is 0. The van der Waals surface area contributed by atoms with Gasteiger partial charge in [0.05, 0.1) is 11.9 Å². The van der Waals surface area contributed by atoms with E-state index in [-0.39, 0.29) is 0 Å². The zero-order chi connectivity index (χ0) is 13.8. The number of rotatable bonds is 3. The van der Waals surface area contributed by atoms with E-state index < -0.39 is 10.7 Å². The minimum Gasteiger partial charge on any atom is -0.271 e. The summed E-state index contributed by atoms with van der Waals surface area (Å²) in [6, 6.07) is 17.8. The Bertz CT molecular complexity index is 727. The smallest absolute Gasteiger partial charge is 0.0896 e. The summed E-state index contributed by atoms with van der Waals surface area (Å²) < 4.78 is 8.52. The number of aromatic nitrogens is 2. The first-order valence-electron chi connectivity index (χ1n) is 6.22. The lowest BCUT2D eigenvalue weighted by Crippen LogP contribution is -1.95. The van der Waals surface area contributed by atoms with Crippen LogP contribution in [-0.4, -0.2) is 9.97 Å². The Hall–Kier alpha value is -2.33. The third-order valence-electron chi connectivity index (χ3n) is 2.93. The predicted octanol–water partition coefficient (Wildman–Crippen LogP) is 3.94. The van der Waals surface area contributed by atoms with Crippen molar-refractivity contribution in [1.82, 2.24) is 9.97 Å². The van der Waals surface area contributed by atoms with Crippen molar-refractivity contribution in [3.63, 3.8) is 0 Å². The molecule has 0 aliphatic heterocycles. The molecule has 2 aromatic carbocycles. The topological polar surface area (TPSA) is 49.6 Å². The molecule has 1 N–H and O–H groups in total. The highest BCUT2D eigenvalue weighted by Gasteiger charge is 2.10. The highest BCUT2D eigenvalue weighted by molar-refractivity contribution is 7.86. The largest absolute Gasteiger partial charge is 0.271 e. The fourth-order valence-corrected chi connectivity index (χ4v) is 3.27. The highest BCUT2D eigenvalue weighted by Crippen LogP contribution is 2.27. The van der Waals surface area contributed by atoms with E-state index in [9.17, 15) is 0 Å². The molecule has 0 bridgehead atoms. The van der Waals surface area contributed by atoms with Gasteiger partial charge in [-0.15, -0.1) is 0 Å². The molecule has 0 saturated carbocycles. The summed E-state index contributed by atoms with van der Waals surface area (Å²) in [7, 11) is -0.727. The van der Waals surface area contributed by atoms with Gasteiger partial charge in [-0.2, -0.15) is 0 Å². The molecule has 98 valence electrons. The molecule has 0 aliphatic rings. The van der Waals surface area contributed by atoms with Crippen molar-refractivity contribution in [2.45, 2.75) is 9.79 Å². The fourth-order valence-electron chi connectivity index (χ4n) is 1.98. The average molecular weight is 279 g/mol. The molecule has 0 radical (unpaired) electrons. The van der Waals surface area contributed by atoms with Crippen molar-refractivity contribution in [3.05, 3.63) is 73.2 Å². The number of nitrogens with one attached hydrogen (secondary N) is 1. The van der Waals surface area contributed by atoms with Crippen LogP contribution in [0.1, 0.15) is 0 Å². The quantitative estimate of drug-likeness (QED) is 0.789. The van der Waals surface area contributed by atoms with Gasteiger partial charge in [0.25, 0.3) is 0 Å². The van der Waals surface area contributed by atoms with Crippen LogP contribution >= 0.6 is 0 Å². The summed E-state index contributed by atoms with van der Waals surface area (Å²) in [4.78, 5) is 10.4. The van der Waals surface area contributed by atoms with Crippen molar-refractivity contribution in [3.8, 4) is 11.3 Å². The van der Waals surface area contributed by atoms with E-state index in [1.54, 1.807) is 18.6 Å². The van der Waals surface area contributed by atoms with Gasteiger partial charge < -0.3 is 0 Å². The van der Waals surface area contributed by atoms with Crippen LogP contribution < -0.4 is 0 Å². The van der Waals surface area contributed by atoms with E-state index in [0.717, 1.165) is 21.0 Å². The molecule has 1 heterocycles. The second-order valence-corrected chi connectivity index (χ2v) is 5.73. The van der Waals surface area contributed by atoms with Crippen LogP contribution in [0.3, 0.4) is 0 Å². The Morgan fingerprint density at radius 2 is 1.60 bits per heavy atom. The molecule has 1 aromatic heterocycles. The van der Waals surface area contributed by atoms with Crippen molar-refractivity contribution in [2.75, 3.05) is 0 Å². The number of hydrogen-bond acceptors (Lipinski definition) is 3. The molecule has 0 spiro atoms. The zero-order valence-electron chi connectivity index (χ0n) is 10.7. The first kappa shape index (κ1) is 12.7. The molecule has 3 nitrogen and oxygen atoms in total. The molecule has 0 amide bonds. The number of hydrogen-bond donors (Lipinski definition) is 1. The van der Waals surface area contributed by atoms with Crippen LogP contribution in [0.4, 0.5) is 0 Å². The van der Waals surface area contributed by atoms with Crippen molar-refractivity contribution in [2.24, 2.45) is 0 Å². The van der Waals surface area contributed by atoms with Gasteiger partial charge in [0.15, 0.2) is 0 Å². The van der Waals surface area contributed by atoms with Gasteiger partial charge in [0.1, 0.15) is 0 Å². The van der Waals surface area contributed by atoms with Crippen molar-refractivity contribution < 1.29 is 0 Å². The van der Waals surface area contributed by atoms with Crippen LogP contribution in [0.25, 0.3) is 11.3 Å². The van der Waals surface area contributed by atoms with Crippen LogP contribution in [0, 0.1) is 4.78 Å². The lowest BCUT2D eigenvalue weighted by atomic mass is 10.2. The Labute approximate surface area is 120 Å². The Balaban J connectivity index is 2.10. The molecule has 1 unspecified atom stereocenters. The normalized spacial score (nSPS) is 12.0. The Kier molecular flexibility index (Phi) is 3.65. The molecule has 4 heteroatoms. The maximum absolute atomic E-state index is 8.52. The lowest BCUT2D eigenvalue weighted by Gasteiger charge is -2.11. The van der Waals surface area contributed by atoms with Gasteiger partial charge in [-0.05, 0) is 28.9 Å². The second-order valence-electron chi connectivity index (χ2n) is 4.21. The number of nitrogens with zero attached hydrogens (tertiary/aromatic N) is 2. The summed E-state index contributed by atoms with van der Waals surface area (Å²) in [6.07, 6.45) is 5.07. The van der Waals surface area contributed by atoms with Crippen molar-refractivity contribution >= 4 is 10.7 Å². The van der Waals surface area contributed by atoms with E-state index in [1.807, 2.05) is 54.6 Å². The van der Waals surface area contributed by atoms with E-state index in [4.69, 9.17) is 4.78 Å². The highest BCUT2D eigenvalue weighted by atomic mass is 32.2. The molecule has 0 fully saturated rings. The summed E-state index contributed by atoms with van der Waals surface area (Å²) in [6.45, 7) is 0. The molecular formula is C16H13N3S. The van der Waals surface area contributed by atoms with Gasteiger partial charge in [-0.1, -0.05) is 36.4 Å². The first-order valence-corrected chi connectivity index (χ1v) is 7.45. The first-order chi connectivity index (χ1) is 9.86. The Morgan fingerprint density at radius 3 is 2.35 bits per heavy atom. The maximum atomic E-state index is 8.52. The monoisotopic (exact) mass is 279 g/mol. The zero-order valence-corrected chi connectivity index (χ0v) is 11.5. The average Bonchev–Trinajstić information content (AvgIpc) is 2.56. The minimum atomic E-state index is -0.727. The summed E-state index contributed by atoms with van der Waals surface area (Å²) in [5.74, 6) is 0. The van der Waals surface area contributed by atoms with Gasteiger partial charge in [-0.25, -0.2) is 0 Å². The van der Waals surface area contributed by atoms with Crippen LogP contribution in [0.5, 0.6) is 0 Å². The third kappa shape index (κ3) is 2.51. The second kappa shape index (κ2) is 5.75. The molecule has 0 aliphatic carbocycles. The van der Waals surface area contributed by atoms with Crippen LogP contribution in [0.2, 0.25) is 0 Å². The van der Waals surface area contributed by atoms with E-state index in [2.05, 4.69) is 9.97 Å². The fraction of sp³-hybridized carbons (Fsp3) is 0. The van der Waals surface area contributed by atoms with Crippen LogP contribution in [-0.2, 0) is 10.7 Å². The predicted molar refractivity (Wildman–Crippen MR) is 80.5 cm³/mol. The molecule has 3 rings (SSSR count). The van der Waals surface area contributed by atoms with Gasteiger partial charge in [-0.3, -0.25) is 14.7 Å². The van der Waals surface area contributed by atoms with Gasteiger partial charge in [0, 0.05) is 27.7 Å². The molecular weight excluding hydrogens is 266 g/mol. The SMILES string of the molecule is N=S(c1ccccc1)c1ccccc1-c1cnccn1. The maximum Gasteiger partial charge on any atom is 0.0896 e. The number of benzene rings is 2. The molecule has 0 saturated heterocycles. The van der Waals surface area contributed by atoms with Crippen LogP contribution in [0.15, 0.2) is 83.0 Å². The summed E-state index contributed by atoms with van der Waals surface area (Å²) in [5.41, 5.74) is 1.78. The minimum absolute atomic E-state index is 0.727. The lowest BCUT2D eigenvalue weighted by molar-refractivity contribution is 1.19.